The number of piperidine rings is 1. The van der Waals surface area contributed by atoms with E-state index in [1.54, 1.807) is 4.68 Å². The maximum absolute atomic E-state index is 13.0. The Bertz CT molecular complexity index is 504. The summed E-state index contributed by atoms with van der Waals surface area (Å²) < 4.78 is 1.74. The number of nitrogens with zero attached hydrogens (tertiary/aromatic N) is 3. The van der Waals surface area contributed by atoms with Crippen molar-refractivity contribution in [2.75, 3.05) is 13.1 Å². The maximum Gasteiger partial charge on any atom is 0.272 e. The molecule has 2 fully saturated rings. The van der Waals surface area contributed by atoms with Crippen LogP contribution in [0.4, 0.5) is 0 Å². The Balaban J connectivity index is 1.81. The molecule has 0 aromatic carbocycles. The number of nitrogens with one attached hydrogen (secondary N) is 1. The second-order valence-electron chi connectivity index (χ2n) is 6.26. The predicted octanol–water partition coefficient (Wildman–Crippen LogP) is 1.73. The summed E-state index contributed by atoms with van der Waals surface area (Å²) in [4.78, 5) is 15.1. The number of rotatable bonds is 3. The second kappa shape index (κ2) is 6.18. The maximum atomic E-state index is 13.0. The lowest BCUT2D eigenvalue weighted by molar-refractivity contribution is 0.0552. The van der Waals surface area contributed by atoms with Crippen molar-refractivity contribution in [3.05, 3.63) is 17.5 Å². The first-order chi connectivity index (χ1) is 10.2. The van der Waals surface area contributed by atoms with Crippen molar-refractivity contribution in [3.63, 3.8) is 0 Å². The van der Waals surface area contributed by atoms with Gasteiger partial charge < -0.3 is 10.2 Å². The Morgan fingerprint density at radius 3 is 2.90 bits per heavy atom. The lowest BCUT2D eigenvalue weighted by Gasteiger charge is -2.39. The Morgan fingerprint density at radius 2 is 2.24 bits per heavy atom. The van der Waals surface area contributed by atoms with Crippen molar-refractivity contribution in [2.24, 2.45) is 7.05 Å². The molecule has 3 heterocycles. The molecule has 2 aliphatic rings. The number of amides is 1. The Kier molecular flexibility index (Phi) is 4.29. The van der Waals surface area contributed by atoms with Crippen molar-refractivity contribution in [3.8, 4) is 0 Å². The van der Waals surface area contributed by atoms with Gasteiger partial charge in [0.2, 0.25) is 0 Å². The van der Waals surface area contributed by atoms with E-state index in [0.717, 1.165) is 43.7 Å². The van der Waals surface area contributed by atoms with Gasteiger partial charge in [-0.1, -0.05) is 6.92 Å². The lowest BCUT2D eigenvalue weighted by Crippen LogP contribution is -2.52. The van der Waals surface area contributed by atoms with Gasteiger partial charge in [0.05, 0.1) is 5.69 Å². The van der Waals surface area contributed by atoms with E-state index in [-0.39, 0.29) is 5.91 Å². The molecule has 1 aromatic heterocycles. The van der Waals surface area contributed by atoms with E-state index in [2.05, 4.69) is 22.2 Å². The van der Waals surface area contributed by atoms with Gasteiger partial charge >= 0.3 is 0 Å². The Labute approximate surface area is 126 Å². The van der Waals surface area contributed by atoms with Crippen molar-refractivity contribution < 1.29 is 4.79 Å². The molecule has 2 atom stereocenters. The zero-order valence-electron chi connectivity index (χ0n) is 13.1. The molecule has 2 aliphatic heterocycles. The molecule has 3 rings (SSSR count). The molecule has 5 nitrogen and oxygen atoms in total. The van der Waals surface area contributed by atoms with Crippen LogP contribution in [-0.4, -0.2) is 45.8 Å². The monoisotopic (exact) mass is 290 g/mol. The fourth-order valence-electron chi connectivity index (χ4n) is 3.71. The van der Waals surface area contributed by atoms with Gasteiger partial charge in [-0.3, -0.25) is 9.48 Å². The van der Waals surface area contributed by atoms with Gasteiger partial charge in [-0.25, -0.2) is 0 Å². The minimum absolute atomic E-state index is 0.156. The zero-order valence-corrected chi connectivity index (χ0v) is 13.1. The number of carbonyl (C=O) groups excluding carboxylic acids is 1. The van der Waals surface area contributed by atoms with Gasteiger partial charge in [-0.05, 0) is 51.1 Å². The van der Waals surface area contributed by atoms with Crippen LogP contribution in [0.25, 0.3) is 0 Å². The SMILES string of the molecule is CCc1cc(C(=O)N2CCCCC2C2CCCN2)n(C)n1. The minimum atomic E-state index is 0.156. The predicted molar refractivity (Wildman–Crippen MR) is 82.3 cm³/mol. The average molecular weight is 290 g/mol. The summed E-state index contributed by atoms with van der Waals surface area (Å²) >= 11 is 0. The molecule has 1 N–H and O–H groups in total. The van der Waals surface area contributed by atoms with E-state index in [1.807, 2.05) is 13.1 Å². The zero-order chi connectivity index (χ0) is 14.8. The molecule has 0 bridgehead atoms. The van der Waals surface area contributed by atoms with Crippen LogP contribution >= 0.6 is 0 Å². The van der Waals surface area contributed by atoms with Crippen molar-refractivity contribution in [1.29, 1.82) is 0 Å². The fraction of sp³-hybridized carbons (Fsp3) is 0.750. The number of carbonyl (C=O) groups is 1. The molecule has 0 saturated carbocycles. The van der Waals surface area contributed by atoms with Crippen LogP contribution in [0.15, 0.2) is 6.07 Å². The van der Waals surface area contributed by atoms with Crippen LogP contribution in [0.3, 0.4) is 0 Å². The third-order valence-electron chi connectivity index (χ3n) is 4.88. The summed E-state index contributed by atoms with van der Waals surface area (Å²) in [5, 5.41) is 8.00. The fourth-order valence-corrected chi connectivity index (χ4v) is 3.71. The topological polar surface area (TPSA) is 50.2 Å². The molecule has 0 spiro atoms. The van der Waals surface area contributed by atoms with E-state index in [9.17, 15) is 4.79 Å². The number of likely N-dealkylation sites (tertiary alicyclic amines) is 1. The molecule has 5 heteroatoms. The Hall–Kier alpha value is -1.36. The summed E-state index contributed by atoms with van der Waals surface area (Å²) in [5.74, 6) is 0.156. The van der Waals surface area contributed by atoms with Gasteiger partial charge in [0, 0.05) is 25.7 Å². The van der Waals surface area contributed by atoms with Crippen molar-refractivity contribution >= 4 is 5.91 Å². The highest BCUT2D eigenvalue weighted by Gasteiger charge is 2.35. The highest BCUT2D eigenvalue weighted by molar-refractivity contribution is 5.93. The third kappa shape index (κ3) is 2.84. The molecule has 0 radical (unpaired) electrons. The smallest absolute Gasteiger partial charge is 0.272 e. The van der Waals surface area contributed by atoms with Gasteiger partial charge in [-0.15, -0.1) is 0 Å². The van der Waals surface area contributed by atoms with Crippen LogP contribution in [0, 0.1) is 0 Å². The first kappa shape index (κ1) is 14.6. The normalized spacial score (nSPS) is 26.3. The molecule has 21 heavy (non-hydrogen) atoms. The highest BCUT2D eigenvalue weighted by Crippen LogP contribution is 2.26. The first-order valence-electron chi connectivity index (χ1n) is 8.28. The molecule has 1 aromatic rings. The standard InChI is InChI=1S/C16H26N4O/c1-3-12-11-15(19(2)18-12)16(21)20-10-5-4-8-14(20)13-7-6-9-17-13/h11,13-14,17H,3-10H2,1-2H3. The van der Waals surface area contributed by atoms with E-state index >= 15 is 0 Å². The van der Waals surface area contributed by atoms with Crippen LogP contribution in [0.5, 0.6) is 0 Å². The number of hydrogen-bond donors (Lipinski definition) is 1. The second-order valence-corrected chi connectivity index (χ2v) is 6.26. The van der Waals surface area contributed by atoms with Crippen LogP contribution < -0.4 is 5.32 Å². The van der Waals surface area contributed by atoms with Gasteiger partial charge in [0.25, 0.3) is 5.91 Å². The molecule has 116 valence electrons. The molecule has 2 saturated heterocycles. The summed E-state index contributed by atoms with van der Waals surface area (Å²) in [5.41, 5.74) is 1.73. The summed E-state index contributed by atoms with van der Waals surface area (Å²) in [6.45, 7) is 4.05. The first-order valence-corrected chi connectivity index (χ1v) is 8.28. The van der Waals surface area contributed by atoms with Gasteiger partial charge in [0.1, 0.15) is 5.69 Å². The summed E-state index contributed by atoms with van der Waals surface area (Å²) in [6.07, 6.45) is 6.78. The van der Waals surface area contributed by atoms with E-state index < -0.39 is 0 Å². The quantitative estimate of drug-likeness (QED) is 0.922. The number of hydrogen-bond acceptors (Lipinski definition) is 3. The molecular formula is C16H26N4O. The van der Waals surface area contributed by atoms with Crippen LogP contribution in [0.1, 0.15) is 55.2 Å². The summed E-state index contributed by atoms with van der Waals surface area (Å²) in [7, 11) is 1.87. The minimum Gasteiger partial charge on any atom is -0.333 e. The molecule has 1 amide bonds. The van der Waals surface area contributed by atoms with Gasteiger partial charge in [-0.2, -0.15) is 5.10 Å². The van der Waals surface area contributed by atoms with E-state index in [1.165, 1.54) is 19.3 Å². The lowest BCUT2D eigenvalue weighted by atomic mass is 9.94. The molecule has 2 unspecified atom stereocenters. The van der Waals surface area contributed by atoms with Crippen molar-refractivity contribution in [1.82, 2.24) is 20.0 Å². The van der Waals surface area contributed by atoms with Gasteiger partial charge in [0.15, 0.2) is 0 Å². The number of aryl methyl sites for hydroxylation is 2. The molecular weight excluding hydrogens is 264 g/mol. The average Bonchev–Trinajstić information content (AvgIpc) is 3.16. The third-order valence-corrected chi connectivity index (χ3v) is 4.88. The largest absolute Gasteiger partial charge is 0.333 e. The van der Waals surface area contributed by atoms with Crippen molar-refractivity contribution in [2.45, 2.75) is 57.5 Å². The molecule has 0 aliphatic carbocycles. The highest BCUT2D eigenvalue weighted by atomic mass is 16.2. The van der Waals surface area contributed by atoms with E-state index in [0.29, 0.717) is 12.1 Å². The van der Waals surface area contributed by atoms with Crippen LogP contribution in [-0.2, 0) is 13.5 Å². The number of aromatic nitrogens is 2. The van der Waals surface area contributed by atoms with E-state index in [4.69, 9.17) is 0 Å². The summed E-state index contributed by atoms with van der Waals surface area (Å²) in [6, 6.07) is 2.79. The van der Waals surface area contributed by atoms with Crippen LogP contribution in [0.2, 0.25) is 0 Å². The Morgan fingerprint density at radius 1 is 1.38 bits per heavy atom.